The first-order valence-corrected chi connectivity index (χ1v) is 29.5. The van der Waals surface area contributed by atoms with Gasteiger partial charge in [-0.05, 0) is 198 Å². The van der Waals surface area contributed by atoms with Crippen LogP contribution in [-0.4, -0.2) is 113 Å². The van der Waals surface area contributed by atoms with Crippen molar-refractivity contribution in [3.8, 4) is 0 Å². The number of rotatable bonds is 22. The fraction of sp³-hybridized carbons (Fsp3) is 0.352. The molecule has 0 aliphatic rings. The zero-order valence-electron chi connectivity index (χ0n) is 53.6. The smallest absolute Gasteiger partial charge is 0.100 e. The Morgan fingerprint density at radius 3 is 0.847 bits per heavy atom. The first-order chi connectivity index (χ1) is 40.9. The molecule has 0 radical (unpaired) electrons. The minimum atomic E-state index is 0.245. The van der Waals surface area contributed by atoms with E-state index in [4.69, 9.17) is 0 Å². The number of benzene rings is 7. The maximum atomic E-state index is 4.60. The van der Waals surface area contributed by atoms with Gasteiger partial charge < -0.3 is 29.4 Å². The van der Waals surface area contributed by atoms with E-state index in [1.54, 1.807) is 0 Å². The number of nitrogens with zero attached hydrogens (tertiary/aromatic N) is 14. The number of hydrogen-bond acceptors (Lipinski definition) is 14. The molecule has 0 aromatic heterocycles. The van der Waals surface area contributed by atoms with Crippen LogP contribution >= 0.6 is 0 Å². The molecule has 85 heavy (non-hydrogen) atoms. The molecule has 0 aliphatic carbocycles. The largest absolute Gasteiger partial charge is 0.378 e. The second-order valence-electron chi connectivity index (χ2n) is 21.3. The van der Waals surface area contributed by atoms with Crippen LogP contribution in [0, 0.1) is 13.8 Å². The van der Waals surface area contributed by atoms with E-state index in [1.165, 1.54) is 11.4 Å². The topological polar surface area (TPSA) is 118 Å². The highest BCUT2D eigenvalue weighted by molar-refractivity contribution is 5.68. The molecule has 0 spiro atoms. The van der Waals surface area contributed by atoms with Crippen molar-refractivity contribution in [2.45, 2.75) is 87.1 Å². The molecule has 0 saturated carbocycles. The van der Waals surface area contributed by atoms with E-state index in [9.17, 15) is 0 Å². The average molecular weight is 1140 g/mol. The number of hydrogen-bond donors (Lipinski definition) is 0. The summed E-state index contributed by atoms with van der Waals surface area (Å²) in [5, 5.41) is 0. The Balaban J connectivity index is 0.000000252. The second-order valence-corrected chi connectivity index (χ2v) is 21.3. The second kappa shape index (κ2) is 37.9. The molecule has 0 bridgehead atoms. The Bertz CT molecular complexity index is 3160. The third-order valence-corrected chi connectivity index (χ3v) is 12.9. The van der Waals surface area contributed by atoms with Gasteiger partial charge in [0, 0.05) is 117 Å². The minimum Gasteiger partial charge on any atom is -0.378 e. The SMILES string of the molecule is CC(C)N=C=Nc1ccc(N(C)C)cc1.CCCN(CCC)c1ccc(C)c(N=C=Nc2cc(N(CCC)CCC)ccc2C)c1.CN(C)c1ccc(N=C=Nc2ccc(N(C)C)cc2)cc1.CN(C)c1ccc(N=C=Nc2ccccc2)cc1. The van der Waals surface area contributed by atoms with Crippen LogP contribution in [0.1, 0.15) is 78.4 Å². The molecule has 0 heterocycles. The summed E-state index contributed by atoms with van der Waals surface area (Å²) in [6.07, 6.45) is 4.54. The van der Waals surface area contributed by atoms with E-state index < -0.39 is 0 Å². The van der Waals surface area contributed by atoms with Crippen LogP contribution in [-0.2, 0) is 0 Å². The molecule has 446 valence electrons. The van der Waals surface area contributed by atoms with Gasteiger partial charge in [-0.25, -0.2) is 4.99 Å². The summed E-state index contributed by atoms with van der Waals surface area (Å²) in [6, 6.07) is 65.8. The van der Waals surface area contributed by atoms with Crippen LogP contribution < -0.4 is 29.4 Å². The summed E-state index contributed by atoms with van der Waals surface area (Å²) < 4.78 is 0. The summed E-state index contributed by atoms with van der Waals surface area (Å²) in [5.74, 6) is 0. The molecular formula is C71H92N14. The van der Waals surface area contributed by atoms with E-state index in [2.05, 4.69) is 157 Å². The number of anilines is 6. The van der Waals surface area contributed by atoms with Crippen LogP contribution in [0.4, 0.5) is 73.9 Å². The van der Waals surface area contributed by atoms with E-state index in [-0.39, 0.29) is 6.04 Å². The van der Waals surface area contributed by atoms with Gasteiger partial charge >= 0.3 is 0 Å². The predicted octanol–water partition coefficient (Wildman–Crippen LogP) is 18.5. The van der Waals surface area contributed by atoms with Gasteiger partial charge in [0.1, 0.15) is 18.0 Å². The highest BCUT2D eigenvalue weighted by Gasteiger charge is 2.09. The first kappa shape index (κ1) is 68.4. The molecule has 0 saturated heterocycles. The predicted molar refractivity (Wildman–Crippen MR) is 370 cm³/mol. The lowest BCUT2D eigenvalue weighted by Crippen LogP contribution is -2.24. The van der Waals surface area contributed by atoms with Gasteiger partial charge in [0.15, 0.2) is 0 Å². The standard InChI is InChI=1S/C27H40N4.C17H20N4.C15H15N3.C12H17N3/c1-7-15-30(16-8-2)24-13-11-22(5)26(19-24)28-21-29-27-20-25(14-12-23(27)6)31(17-9-3)18-10-4;1-20(2)16-9-5-14(6-10-16)18-13-19-15-7-11-17(12-8-15)21(3)4;1-18(2)15-10-8-14(9-11-15)17-12-16-13-6-4-3-5-7-13;1-10(2)13-9-14-11-5-7-12(8-6-11)15(3)4/h11-14,19-20H,7-10,15-18H2,1-6H3;5-12H,1-4H3;3-11H,1-2H3;5-8,10H,1-4H3. The number of para-hydroxylation sites is 1. The Morgan fingerprint density at radius 1 is 0.318 bits per heavy atom. The van der Waals surface area contributed by atoms with Crippen molar-refractivity contribution < 1.29 is 0 Å². The van der Waals surface area contributed by atoms with E-state index in [1.807, 2.05) is 212 Å². The molecule has 7 aromatic rings. The average Bonchev–Trinajstić information content (AvgIpc) is 3.61. The molecule has 0 aliphatic heterocycles. The Labute approximate surface area is 509 Å². The van der Waals surface area contributed by atoms with Crippen molar-refractivity contribution in [3.05, 3.63) is 175 Å². The summed E-state index contributed by atoms with van der Waals surface area (Å²) in [7, 11) is 16.1. The molecule has 14 nitrogen and oxygen atoms in total. The van der Waals surface area contributed by atoms with Crippen molar-refractivity contribution in [2.75, 3.05) is 112 Å². The van der Waals surface area contributed by atoms with E-state index >= 15 is 0 Å². The Hall–Kier alpha value is -9.14. The highest BCUT2D eigenvalue weighted by Crippen LogP contribution is 2.29. The Morgan fingerprint density at radius 2 is 0.576 bits per heavy atom. The van der Waals surface area contributed by atoms with Crippen LogP contribution in [0.3, 0.4) is 0 Å². The molecule has 0 amide bonds. The van der Waals surface area contributed by atoms with Gasteiger partial charge in [-0.3, -0.25) is 0 Å². The summed E-state index contributed by atoms with van der Waals surface area (Å²) in [6.45, 7) is 21.3. The van der Waals surface area contributed by atoms with Crippen LogP contribution in [0.5, 0.6) is 0 Å². The molecule has 7 aromatic carbocycles. The van der Waals surface area contributed by atoms with Crippen LogP contribution in [0.15, 0.2) is 204 Å². The fourth-order valence-electron chi connectivity index (χ4n) is 8.07. The lowest BCUT2D eigenvalue weighted by Gasteiger charge is -2.24. The van der Waals surface area contributed by atoms with E-state index in [0.29, 0.717) is 0 Å². The molecule has 0 atom stereocenters. The maximum Gasteiger partial charge on any atom is 0.100 e. The van der Waals surface area contributed by atoms with Crippen molar-refractivity contribution >= 4 is 98.0 Å². The lowest BCUT2D eigenvalue weighted by molar-refractivity contribution is 0.745. The van der Waals surface area contributed by atoms with Crippen molar-refractivity contribution in [3.63, 3.8) is 0 Å². The van der Waals surface area contributed by atoms with Gasteiger partial charge in [-0.1, -0.05) is 58.0 Å². The number of aliphatic imine (C=N–C) groups is 8. The molecule has 7 rings (SSSR count). The zero-order valence-corrected chi connectivity index (χ0v) is 53.6. The lowest BCUT2D eigenvalue weighted by atomic mass is 10.1. The maximum absolute atomic E-state index is 4.60. The number of aryl methyl sites for hydroxylation is 2. The Kier molecular flexibility index (Phi) is 30.4. The quantitative estimate of drug-likeness (QED) is 0.0624. The van der Waals surface area contributed by atoms with Crippen molar-refractivity contribution in [1.82, 2.24) is 0 Å². The van der Waals surface area contributed by atoms with E-state index in [0.717, 1.165) is 126 Å². The minimum absolute atomic E-state index is 0.245. The molecular weight excluding hydrogens is 1050 g/mol. The van der Waals surface area contributed by atoms with Gasteiger partial charge in [0.05, 0.1) is 51.9 Å². The fourth-order valence-corrected chi connectivity index (χ4v) is 8.07. The summed E-state index contributed by atoms with van der Waals surface area (Å²) in [5.41, 5.74) is 15.5. The van der Waals surface area contributed by atoms with Crippen molar-refractivity contribution in [2.24, 2.45) is 39.9 Å². The van der Waals surface area contributed by atoms with Crippen molar-refractivity contribution in [1.29, 1.82) is 0 Å². The third kappa shape index (κ3) is 25.5. The van der Waals surface area contributed by atoms with Gasteiger partial charge in [-0.15, -0.1) is 0 Å². The first-order valence-electron chi connectivity index (χ1n) is 29.5. The molecule has 0 N–H and O–H groups in total. The van der Waals surface area contributed by atoms with Gasteiger partial charge in [0.25, 0.3) is 0 Å². The highest BCUT2D eigenvalue weighted by atomic mass is 15.1. The molecule has 0 fully saturated rings. The van der Waals surface area contributed by atoms with Gasteiger partial charge in [0.2, 0.25) is 0 Å². The normalized spacial score (nSPS) is 9.94. The zero-order chi connectivity index (χ0) is 61.9. The van der Waals surface area contributed by atoms with Gasteiger partial charge in [-0.2, -0.15) is 34.9 Å². The third-order valence-electron chi connectivity index (χ3n) is 12.9. The molecule has 14 heteroatoms. The van der Waals surface area contributed by atoms with Crippen LogP contribution in [0.25, 0.3) is 0 Å². The summed E-state index contributed by atoms with van der Waals surface area (Å²) >= 11 is 0. The molecule has 0 unspecified atom stereocenters. The monoisotopic (exact) mass is 1140 g/mol. The summed E-state index contributed by atoms with van der Waals surface area (Å²) in [4.78, 5) is 47.1. The van der Waals surface area contributed by atoms with Crippen LogP contribution in [0.2, 0.25) is 0 Å².